The van der Waals surface area contributed by atoms with E-state index < -0.39 is 37.1 Å². The van der Waals surface area contributed by atoms with Gasteiger partial charge in [0.25, 0.3) is 0 Å². The average Bonchev–Trinajstić information content (AvgIpc) is 2.87. The molecule has 10 heteroatoms. The van der Waals surface area contributed by atoms with E-state index in [9.17, 15) is 31.5 Å². The molecule has 1 fully saturated rings. The van der Waals surface area contributed by atoms with E-state index in [1.807, 2.05) is 0 Å². The van der Waals surface area contributed by atoms with Crippen LogP contribution in [0.5, 0.6) is 5.75 Å². The van der Waals surface area contributed by atoms with Crippen molar-refractivity contribution in [3.63, 3.8) is 0 Å². The van der Waals surface area contributed by atoms with Gasteiger partial charge in [0.2, 0.25) is 11.8 Å². The fraction of sp³-hybridized carbons (Fsp3) is 0.500. The van der Waals surface area contributed by atoms with Crippen LogP contribution in [0.1, 0.15) is 12.0 Å². The third-order valence-electron chi connectivity index (χ3n) is 3.88. The zero-order valence-corrected chi connectivity index (χ0v) is 13.8. The SMILES string of the molecule is CN(Cc1ccc(OC(F)F)cc1)C(=O)C1CC(=O)N(CC(F)(F)F)C1. The summed E-state index contributed by atoms with van der Waals surface area (Å²) in [5.74, 6) is -2.02. The van der Waals surface area contributed by atoms with Crippen molar-refractivity contribution in [1.29, 1.82) is 0 Å². The van der Waals surface area contributed by atoms with Gasteiger partial charge in [-0.3, -0.25) is 9.59 Å². The molecule has 0 radical (unpaired) electrons. The molecule has 2 rings (SSSR count). The molecule has 26 heavy (non-hydrogen) atoms. The van der Waals surface area contributed by atoms with Gasteiger partial charge in [0.15, 0.2) is 0 Å². The van der Waals surface area contributed by atoms with E-state index in [0.717, 1.165) is 0 Å². The van der Waals surface area contributed by atoms with Crippen molar-refractivity contribution in [1.82, 2.24) is 9.80 Å². The monoisotopic (exact) mass is 380 g/mol. The van der Waals surface area contributed by atoms with Gasteiger partial charge in [-0.25, -0.2) is 0 Å². The first-order valence-electron chi connectivity index (χ1n) is 7.68. The normalized spacial score (nSPS) is 17.7. The molecule has 1 unspecified atom stereocenters. The second-order valence-corrected chi connectivity index (χ2v) is 6.01. The molecule has 1 aromatic rings. The number of benzene rings is 1. The summed E-state index contributed by atoms with van der Waals surface area (Å²) in [6.07, 6.45) is -4.78. The Labute approximate surface area is 146 Å². The number of carbonyl (C=O) groups excluding carboxylic acids is 2. The molecule has 5 nitrogen and oxygen atoms in total. The molecule has 144 valence electrons. The number of rotatable bonds is 6. The lowest BCUT2D eigenvalue weighted by Gasteiger charge is -2.22. The maximum absolute atomic E-state index is 12.4. The van der Waals surface area contributed by atoms with Crippen LogP contribution < -0.4 is 4.74 Å². The van der Waals surface area contributed by atoms with Crippen LogP contribution in [0.3, 0.4) is 0 Å². The largest absolute Gasteiger partial charge is 0.435 e. The zero-order chi connectivity index (χ0) is 19.5. The minimum atomic E-state index is -4.51. The number of hydrogen-bond donors (Lipinski definition) is 0. The quantitative estimate of drug-likeness (QED) is 0.713. The van der Waals surface area contributed by atoms with Gasteiger partial charge in [0.05, 0.1) is 5.92 Å². The van der Waals surface area contributed by atoms with Gasteiger partial charge < -0.3 is 14.5 Å². The summed E-state index contributed by atoms with van der Waals surface area (Å²) in [7, 11) is 1.46. The number of halogens is 5. The van der Waals surface area contributed by atoms with Crippen molar-refractivity contribution >= 4 is 11.8 Å². The number of likely N-dealkylation sites (tertiary alicyclic amines) is 1. The Bertz CT molecular complexity index is 648. The molecule has 1 saturated heterocycles. The third kappa shape index (κ3) is 5.57. The van der Waals surface area contributed by atoms with Gasteiger partial charge >= 0.3 is 12.8 Å². The first kappa shape index (κ1) is 19.9. The molecule has 1 aliphatic rings. The van der Waals surface area contributed by atoms with E-state index in [2.05, 4.69) is 4.74 Å². The number of carbonyl (C=O) groups is 2. The summed E-state index contributed by atoms with van der Waals surface area (Å²) >= 11 is 0. The average molecular weight is 380 g/mol. The smallest absolute Gasteiger partial charge is 0.406 e. The van der Waals surface area contributed by atoms with Crippen LogP contribution in [0.2, 0.25) is 0 Å². The van der Waals surface area contributed by atoms with Crippen molar-refractivity contribution in [3.05, 3.63) is 29.8 Å². The van der Waals surface area contributed by atoms with Gasteiger partial charge in [0, 0.05) is 26.6 Å². The van der Waals surface area contributed by atoms with Crippen molar-refractivity contribution in [2.45, 2.75) is 25.8 Å². The third-order valence-corrected chi connectivity index (χ3v) is 3.88. The second kappa shape index (κ2) is 7.88. The lowest BCUT2D eigenvalue weighted by molar-refractivity contribution is -0.157. The predicted molar refractivity (Wildman–Crippen MR) is 80.3 cm³/mol. The van der Waals surface area contributed by atoms with Crippen molar-refractivity contribution in [2.24, 2.45) is 5.92 Å². The molecule has 1 atom stereocenters. The Morgan fingerprint density at radius 3 is 2.46 bits per heavy atom. The number of ether oxygens (including phenoxy) is 1. The molecule has 0 bridgehead atoms. The summed E-state index contributed by atoms with van der Waals surface area (Å²) in [5.41, 5.74) is 0.624. The van der Waals surface area contributed by atoms with E-state index in [-0.39, 0.29) is 25.3 Å². The lowest BCUT2D eigenvalue weighted by atomic mass is 10.1. The van der Waals surface area contributed by atoms with Gasteiger partial charge in [-0.15, -0.1) is 0 Å². The topological polar surface area (TPSA) is 49.9 Å². The van der Waals surface area contributed by atoms with Crippen LogP contribution in [-0.2, 0) is 16.1 Å². The van der Waals surface area contributed by atoms with Gasteiger partial charge in [0.1, 0.15) is 12.3 Å². The highest BCUT2D eigenvalue weighted by molar-refractivity contribution is 5.89. The Morgan fingerprint density at radius 2 is 1.92 bits per heavy atom. The fourth-order valence-corrected chi connectivity index (χ4v) is 2.75. The Hall–Kier alpha value is -2.39. The van der Waals surface area contributed by atoms with E-state index >= 15 is 0 Å². The molecule has 1 aromatic carbocycles. The van der Waals surface area contributed by atoms with Crippen molar-refractivity contribution in [3.8, 4) is 5.75 Å². The van der Waals surface area contributed by atoms with Crippen LogP contribution >= 0.6 is 0 Å². The highest BCUT2D eigenvalue weighted by atomic mass is 19.4. The zero-order valence-electron chi connectivity index (χ0n) is 13.8. The molecular formula is C16H17F5N2O3. The summed E-state index contributed by atoms with van der Waals surface area (Å²) in [6.45, 7) is -4.46. The highest BCUT2D eigenvalue weighted by Gasteiger charge is 2.41. The number of amides is 2. The summed E-state index contributed by atoms with van der Waals surface area (Å²) in [6, 6.07) is 5.64. The molecule has 2 amide bonds. The first-order valence-corrected chi connectivity index (χ1v) is 7.68. The predicted octanol–water partition coefficient (Wildman–Crippen LogP) is 2.66. The van der Waals surface area contributed by atoms with Gasteiger partial charge in [-0.1, -0.05) is 12.1 Å². The Kier molecular flexibility index (Phi) is 6.04. The minimum absolute atomic E-state index is 0.0260. The number of alkyl halides is 5. The summed E-state index contributed by atoms with van der Waals surface area (Å²) < 4.78 is 65.7. The fourth-order valence-electron chi connectivity index (χ4n) is 2.75. The van der Waals surface area contributed by atoms with Crippen LogP contribution in [0, 0.1) is 5.92 Å². The molecule has 0 spiro atoms. The molecule has 0 aromatic heterocycles. The molecule has 0 N–H and O–H groups in total. The van der Waals surface area contributed by atoms with Crippen molar-refractivity contribution < 1.29 is 36.3 Å². The second-order valence-electron chi connectivity index (χ2n) is 6.01. The molecular weight excluding hydrogens is 363 g/mol. The van der Waals surface area contributed by atoms with E-state index in [1.54, 1.807) is 0 Å². The van der Waals surface area contributed by atoms with Gasteiger partial charge in [-0.05, 0) is 17.7 Å². The van der Waals surface area contributed by atoms with E-state index in [1.165, 1.54) is 36.2 Å². The van der Waals surface area contributed by atoms with Gasteiger partial charge in [-0.2, -0.15) is 22.0 Å². The van der Waals surface area contributed by atoms with Crippen molar-refractivity contribution in [2.75, 3.05) is 20.1 Å². The first-order chi connectivity index (χ1) is 12.0. The Morgan fingerprint density at radius 1 is 1.31 bits per heavy atom. The summed E-state index contributed by atoms with van der Waals surface area (Å²) in [5, 5.41) is 0. The molecule has 1 heterocycles. The van der Waals surface area contributed by atoms with Crippen LogP contribution in [0.4, 0.5) is 22.0 Å². The number of nitrogens with zero attached hydrogens (tertiary/aromatic N) is 2. The van der Waals surface area contributed by atoms with Crippen LogP contribution in [-0.4, -0.2) is 54.5 Å². The molecule has 0 aliphatic carbocycles. The van der Waals surface area contributed by atoms with Crippen LogP contribution in [0.15, 0.2) is 24.3 Å². The standard InChI is InChI=1S/C16H17F5N2O3/c1-22(7-10-2-4-12(5-3-10)26-15(17)18)14(25)11-6-13(24)23(8-11)9-16(19,20)21/h2-5,11,15H,6-9H2,1H3. The maximum Gasteiger partial charge on any atom is 0.406 e. The highest BCUT2D eigenvalue weighted by Crippen LogP contribution is 2.25. The van der Waals surface area contributed by atoms with E-state index in [0.29, 0.717) is 10.5 Å². The summed E-state index contributed by atoms with van der Waals surface area (Å²) in [4.78, 5) is 25.9. The molecule has 0 saturated carbocycles. The minimum Gasteiger partial charge on any atom is -0.435 e. The Balaban J connectivity index is 1.92. The van der Waals surface area contributed by atoms with Crippen LogP contribution in [0.25, 0.3) is 0 Å². The lowest BCUT2D eigenvalue weighted by Crippen LogP contribution is -2.37. The molecule has 1 aliphatic heterocycles. The van der Waals surface area contributed by atoms with E-state index in [4.69, 9.17) is 0 Å². The maximum atomic E-state index is 12.4. The number of hydrogen-bond acceptors (Lipinski definition) is 3.